The number of hydrogen-bond donors (Lipinski definition) is 2. The van der Waals surface area contributed by atoms with Gasteiger partial charge in [0, 0.05) is 18.2 Å². The molecule has 2 N–H and O–H groups in total. The van der Waals surface area contributed by atoms with Crippen LogP contribution in [0.4, 0.5) is 5.69 Å². The first-order valence-electron chi connectivity index (χ1n) is 6.40. The van der Waals surface area contributed by atoms with Crippen molar-refractivity contribution in [3.05, 3.63) is 58.1 Å². The van der Waals surface area contributed by atoms with Crippen LogP contribution in [0.5, 0.6) is 5.75 Å². The topological polar surface area (TPSA) is 41.5 Å². The molecule has 0 amide bonds. The normalized spacial score (nSPS) is 10.4. The van der Waals surface area contributed by atoms with Crippen molar-refractivity contribution in [3.8, 4) is 5.75 Å². The number of rotatable bonds is 5. The minimum absolute atomic E-state index is 0.0962. The Bertz CT molecular complexity index is 599. The molecule has 0 spiro atoms. The number of hydrogen-bond acceptors (Lipinski definition) is 3. The molecule has 0 atom stereocenters. The van der Waals surface area contributed by atoms with E-state index < -0.39 is 0 Å². The fourth-order valence-corrected chi connectivity index (χ4v) is 2.32. The summed E-state index contributed by atoms with van der Waals surface area (Å²) in [6.07, 6.45) is 0. The zero-order valence-electron chi connectivity index (χ0n) is 11.6. The summed E-state index contributed by atoms with van der Waals surface area (Å²) in [6.45, 7) is 2.65. The Morgan fingerprint density at radius 2 is 2.05 bits per heavy atom. The maximum atomic E-state index is 9.24. The minimum Gasteiger partial charge on any atom is -0.496 e. The van der Waals surface area contributed by atoms with Crippen molar-refractivity contribution in [3.63, 3.8) is 0 Å². The average Bonchev–Trinajstić information content (AvgIpc) is 2.45. The molecule has 0 saturated carbocycles. The van der Waals surface area contributed by atoms with Crippen LogP contribution in [0.2, 0.25) is 5.02 Å². The molecule has 2 rings (SSSR count). The third-order valence-corrected chi connectivity index (χ3v) is 3.42. The van der Waals surface area contributed by atoms with Crippen LogP contribution in [0, 0.1) is 6.92 Å². The average molecular weight is 292 g/mol. The van der Waals surface area contributed by atoms with E-state index in [0.717, 1.165) is 5.69 Å². The Hall–Kier alpha value is -1.71. The summed E-state index contributed by atoms with van der Waals surface area (Å²) in [4.78, 5) is 0. The second-order valence-corrected chi connectivity index (χ2v) is 5.05. The molecule has 0 fully saturated rings. The van der Waals surface area contributed by atoms with Gasteiger partial charge in [0.2, 0.25) is 0 Å². The van der Waals surface area contributed by atoms with Gasteiger partial charge in [0.25, 0.3) is 0 Å². The van der Waals surface area contributed by atoms with Crippen molar-refractivity contribution >= 4 is 17.3 Å². The molecule has 0 radical (unpaired) electrons. The molecule has 20 heavy (non-hydrogen) atoms. The van der Waals surface area contributed by atoms with E-state index in [1.54, 1.807) is 13.2 Å². The number of nitrogens with one attached hydrogen (secondary N) is 1. The molecule has 4 heteroatoms. The third-order valence-electron chi connectivity index (χ3n) is 3.11. The number of aliphatic hydroxyl groups is 1. The number of aliphatic hydroxyl groups excluding tert-OH is 1. The quantitative estimate of drug-likeness (QED) is 0.881. The number of halogens is 1. The van der Waals surface area contributed by atoms with E-state index in [-0.39, 0.29) is 6.61 Å². The van der Waals surface area contributed by atoms with Gasteiger partial charge < -0.3 is 15.2 Å². The molecular formula is C16H18ClNO2. The molecule has 0 aliphatic heterocycles. The molecule has 2 aromatic rings. The Morgan fingerprint density at radius 3 is 2.70 bits per heavy atom. The van der Waals surface area contributed by atoms with Gasteiger partial charge in [-0.15, -0.1) is 0 Å². The summed E-state index contributed by atoms with van der Waals surface area (Å²) in [5.74, 6) is 0.628. The molecule has 106 valence electrons. The van der Waals surface area contributed by atoms with E-state index in [0.29, 0.717) is 22.9 Å². The molecule has 0 aliphatic rings. The van der Waals surface area contributed by atoms with E-state index >= 15 is 0 Å². The number of anilines is 1. The Balaban J connectivity index is 2.17. The zero-order chi connectivity index (χ0) is 14.5. The number of benzene rings is 2. The van der Waals surface area contributed by atoms with E-state index in [1.165, 1.54) is 11.1 Å². The van der Waals surface area contributed by atoms with E-state index in [9.17, 15) is 5.11 Å². The van der Waals surface area contributed by atoms with Crippen LogP contribution in [0.3, 0.4) is 0 Å². The lowest BCUT2D eigenvalue weighted by molar-refractivity contribution is 0.274. The van der Waals surface area contributed by atoms with Crippen molar-refractivity contribution in [2.24, 2.45) is 0 Å². The van der Waals surface area contributed by atoms with Gasteiger partial charge in [-0.3, -0.25) is 0 Å². The van der Waals surface area contributed by atoms with Gasteiger partial charge in [-0.1, -0.05) is 41.4 Å². The van der Waals surface area contributed by atoms with Crippen LogP contribution < -0.4 is 10.1 Å². The first-order chi connectivity index (χ1) is 9.63. The SMILES string of the molecule is COc1cc(NCc2cccc(C)c2)c(Cl)cc1CO. The van der Waals surface area contributed by atoms with E-state index in [2.05, 4.69) is 30.4 Å². The second kappa shape index (κ2) is 6.64. The highest BCUT2D eigenvalue weighted by molar-refractivity contribution is 6.33. The van der Waals surface area contributed by atoms with Crippen LogP contribution in [0.25, 0.3) is 0 Å². The molecule has 0 aliphatic carbocycles. The lowest BCUT2D eigenvalue weighted by atomic mass is 10.1. The third kappa shape index (κ3) is 3.44. The van der Waals surface area contributed by atoms with Crippen molar-refractivity contribution in [1.82, 2.24) is 0 Å². The zero-order valence-corrected chi connectivity index (χ0v) is 12.4. The van der Waals surface area contributed by atoms with E-state index in [4.69, 9.17) is 16.3 Å². The minimum atomic E-state index is -0.0962. The molecule has 0 aromatic heterocycles. The van der Waals surface area contributed by atoms with E-state index in [1.807, 2.05) is 12.1 Å². The van der Waals surface area contributed by atoms with Gasteiger partial charge in [-0.2, -0.15) is 0 Å². The van der Waals surface area contributed by atoms with Crippen LogP contribution in [-0.2, 0) is 13.2 Å². The van der Waals surface area contributed by atoms with Crippen molar-refractivity contribution in [2.75, 3.05) is 12.4 Å². The predicted octanol–water partition coefficient (Wildman–Crippen LogP) is 3.76. The number of methoxy groups -OCH3 is 1. The molecular weight excluding hydrogens is 274 g/mol. The fraction of sp³-hybridized carbons (Fsp3) is 0.250. The van der Waals surface area contributed by atoms with Crippen LogP contribution in [-0.4, -0.2) is 12.2 Å². The fourth-order valence-electron chi connectivity index (χ4n) is 2.06. The first-order valence-corrected chi connectivity index (χ1v) is 6.78. The largest absolute Gasteiger partial charge is 0.496 e. The monoisotopic (exact) mass is 291 g/mol. The number of aryl methyl sites for hydroxylation is 1. The van der Waals surface area contributed by atoms with Gasteiger partial charge in [-0.25, -0.2) is 0 Å². The smallest absolute Gasteiger partial charge is 0.126 e. The molecule has 0 unspecified atom stereocenters. The molecule has 0 saturated heterocycles. The lowest BCUT2D eigenvalue weighted by Gasteiger charge is -2.13. The van der Waals surface area contributed by atoms with Gasteiger partial charge >= 0.3 is 0 Å². The van der Waals surface area contributed by atoms with Crippen LogP contribution in [0.15, 0.2) is 36.4 Å². The van der Waals surface area contributed by atoms with Gasteiger partial charge in [-0.05, 0) is 18.6 Å². The molecule has 2 aromatic carbocycles. The second-order valence-electron chi connectivity index (χ2n) is 4.64. The summed E-state index contributed by atoms with van der Waals surface area (Å²) in [5, 5.41) is 13.1. The van der Waals surface area contributed by atoms with Crippen molar-refractivity contribution in [2.45, 2.75) is 20.1 Å². The Morgan fingerprint density at radius 1 is 1.25 bits per heavy atom. The Kier molecular flexibility index (Phi) is 4.88. The highest BCUT2D eigenvalue weighted by Gasteiger charge is 2.08. The van der Waals surface area contributed by atoms with Crippen LogP contribution in [0.1, 0.15) is 16.7 Å². The highest BCUT2D eigenvalue weighted by atomic mass is 35.5. The van der Waals surface area contributed by atoms with Crippen molar-refractivity contribution in [1.29, 1.82) is 0 Å². The summed E-state index contributed by atoms with van der Waals surface area (Å²) >= 11 is 6.21. The molecule has 0 heterocycles. The predicted molar refractivity (Wildman–Crippen MR) is 82.4 cm³/mol. The maximum absolute atomic E-state index is 9.24. The standard InChI is InChI=1S/C16H18ClNO2/c1-11-4-3-5-12(6-11)9-18-15-8-16(20-2)13(10-19)7-14(15)17/h3-8,18-19H,9-10H2,1-2H3. The summed E-state index contributed by atoms with van der Waals surface area (Å²) in [7, 11) is 1.58. The maximum Gasteiger partial charge on any atom is 0.126 e. The first kappa shape index (κ1) is 14.7. The highest BCUT2D eigenvalue weighted by Crippen LogP contribution is 2.31. The summed E-state index contributed by atoms with van der Waals surface area (Å²) < 4.78 is 5.24. The van der Waals surface area contributed by atoms with Gasteiger partial charge in [0.05, 0.1) is 24.4 Å². The summed E-state index contributed by atoms with van der Waals surface area (Å²) in [5.41, 5.74) is 3.88. The summed E-state index contributed by atoms with van der Waals surface area (Å²) in [6, 6.07) is 11.8. The van der Waals surface area contributed by atoms with Gasteiger partial charge in [0.15, 0.2) is 0 Å². The van der Waals surface area contributed by atoms with Crippen molar-refractivity contribution < 1.29 is 9.84 Å². The molecule has 0 bridgehead atoms. The number of ether oxygens (including phenoxy) is 1. The molecule has 3 nitrogen and oxygen atoms in total. The van der Waals surface area contributed by atoms with Crippen LogP contribution >= 0.6 is 11.6 Å². The van der Waals surface area contributed by atoms with Gasteiger partial charge in [0.1, 0.15) is 5.75 Å². The Labute approximate surface area is 124 Å². The lowest BCUT2D eigenvalue weighted by Crippen LogP contribution is -2.02.